The SMILES string of the molecule is CCOC(=O)c1cc2nc(C(C)(F)F)c(CC3CCC(F)(F)CC3)n2c(CBr)c1Cl. The molecule has 0 atom stereocenters. The van der Waals surface area contributed by atoms with Crippen LogP contribution in [0.2, 0.25) is 5.02 Å². The number of carbonyl (C=O) groups excluding carboxylic acids is 1. The number of imidazole rings is 1. The van der Waals surface area contributed by atoms with Gasteiger partial charge in [-0.25, -0.2) is 18.6 Å². The van der Waals surface area contributed by atoms with E-state index in [0.717, 1.165) is 6.92 Å². The van der Waals surface area contributed by atoms with Gasteiger partial charge in [-0.15, -0.1) is 0 Å². The lowest BCUT2D eigenvalue weighted by molar-refractivity contribution is -0.0460. The number of nitrogens with zero attached hydrogens (tertiary/aromatic N) is 2. The number of carbonyl (C=O) groups is 1. The Kier molecular flexibility index (Phi) is 6.72. The molecule has 0 spiro atoms. The third kappa shape index (κ3) is 4.61. The van der Waals surface area contributed by atoms with Gasteiger partial charge < -0.3 is 4.74 Å². The summed E-state index contributed by atoms with van der Waals surface area (Å²) in [5.74, 6) is -6.79. The van der Waals surface area contributed by atoms with Crippen LogP contribution in [0, 0.1) is 5.92 Å². The van der Waals surface area contributed by atoms with E-state index in [1.807, 2.05) is 0 Å². The van der Waals surface area contributed by atoms with Gasteiger partial charge >= 0.3 is 5.97 Å². The van der Waals surface area contributed by atoms with Crippen molar-refractivity contribution < 1.29 is 27.1 Å². The Hall–Kier alpha value is -1.35. The monoisotopic (exact) mass is 512 g/mol. The molecule has 0 bridgehead atoms. The van der Waals surface area contributed by atoms with Crippen molar-refractivity contribution in [3.8, 4) is 0 Å². The van der Waals surface area contributed by atoms with Gasteiger partial charge in [0.05, 0.1) is 28.6 Å². The molecular weight excluding hydrogens is 492 g/mol. The number of alkyl halides is 5. The van der Waals surface area contributed by atoms with Crippen molar-refractivity contribution in [3.63, 3.8) is 0 Å². The largest absolute Gasteiger partial charge is 0.462 e. The normalized spacial score (nSPS) is 17.5. The predicted octanol–water partition coefficient (Wildman–Crippen LogP) is 6.54. The molecule has 0 unspecified atom stereocenters. The van der Waals surface area contributed by atoms with Crippen molar-refractivity contribution >= 4 is 39.1 Å². The number of ether oxygens (including phenoxy) is 1. The van der Waals surface area contributed by atoms with Gasteiger partial charge in [-0.2, -0.15) is 8.78 Å². The first-order valence-corrected chi connectivity index (χ1v) is 11.2. The molecular formula is C20H22BrClF4N2O2. The summed E-state index contributed by atoms with van der Waals surface area (Å²) in [5, 5.41) is 0.258. The van der Waals surface area contributed by atoms with E-state index < -0.39 is 23.5 Å². The van der Waals surface area contributed by atoms with E-state index >= 15 is 0 Å². The highest BCUT2D eigenvalue weighted by Crippen LogP contribution is 2.40. The molecule has 0 aromatic carbocycles. The lowest BCUT2D eigenvalue weighted by Crippen LogP contribution is -2.26. The van der Waals surface area contributed by atoms with Crippen LogP contribution in [0.25, 0.3) is 5.65 Å². The maximum atomic E-state index is 14.4. The van der Waals surface area contributed by atoms with Gasteiger partial charge in [-0.05, 0) is 38.2 Å². The molecule has 10 heteroatoms. The fraction of sp³-hybridized carbons (Fsp3) is 0.600. The fourth-order valence-electron chi connectivity index (χ4n) is 3.91. The van der Waals surface area contributed by atoms with Crippen molar-refractivity contribution in [2.45, 2.75) is 63.1 Å². The zero-order valence-electron chi connectivity index (χ0n) is 16.6. The smallest absolute Gasteiger partial charge is 0.339 e. The predicted molar refractivity (Wildman–Crippen MR) is 109 cm³/mol. The first-order chi connectivity index (χ1) is 14.0. The molecule has 4 nitrogen and oxygen atoms in total. The van der Waals surface area contributed by atoms with Crippen molar-refractivity contribution in [1.29, 1.82) is 0 Å². The van der Waals surface area contributed by atoms with E-state index in [0.29, 0.717) is 5.69 Å². The minimum Gasteiger partial charge on any atom is -0.462 e. The van der Waals surface area contributed by atoms with Gasteiger partial charge in [0.2, 0.25) is 5.92 Å². The van der Waals surface area contributed by atoms with Crippen molar-refractivity contribution in [2.75, 3.05) is 6.61 Å². The number of esters is 1. The number of pyridine rings is 1. The number of aromatic nitrogens is 2. The Bertz CT molecular complexity index is 949. The number of hydrogen-bond acceptors (Lipinski definition) is 3. The molecule has 0 saturated heterocycles. The molecule has 3 rings (SSSR count). The third-order valence-corrected chi connectivity index (χ3v) is 6.34. The van der Waals surface area contributed by atoms with E-state index in [9.17, 15) is 22.4 Å². The van der Waals surface area contributed by atoms with Gasteiger partial charge in [-0.3, -0.25) is 4.40 Å². The molecule has 1 aliphatic carbocycles. The fourth-order valence-corrected chi connectivity index (χ4v) is 4.89. The first-order valence-electron chi connectivity index (χ1n) is 9.70. The number of hydrogen-bond donors (Lipinski definition) is 0. The maximum Gasteiger partial charge on any atom is 0.339 e. The highest BCUT2D eigenvalue weighted by molar-refractivity contribution is 9.08. The summed E-state index contributed by atoms with van der Waals surface area (Å²) in [6.07, 6.45) is 0.141. The van der Waals surface area contributed by atoms with Crippen LogP contribution in [-0.2, 0) is 22.4 Å². The first kappa shape index (κ1) is 23.3. The minimum absolute atomic E-state index is 0.0419. The van der Waals surface area contributed by atoms with E-state index in [4.69, 9.17) is 16.3 Å². The van der Waals surface area contributed by atoms with Gasteiger partial charge in [0.15, 0.2) is 0 Å². The zero-order valence-corrected chi connectivity index (χ0v) is 18.9. The van der Waals surface area contributed by atoms with Crippen LogP contribution in [0.1, 0.15) is 67.0 Å². The van der Waals surface area contributed by atoms with Gasteiger partial charge in [0, 0.05) is 25.1 Å². The molecule has 1 fully saturated rings. The van der Waals surface area contributed by atoms with Crippen LogP contribution in [0.15, 0.2) is 6.07 Å². The number of fused-ring (bicyclic) bond motifs is 1. The average molecular weight is 514 g/mol. The van der Waals surface area contributed by atoms with Crippen LogP contribution >= 0.6 is 27.5 Å². The second-order valence-corrected chi connectivity index (χ2v) is 8.60. The highest BCUT2D eigenvalue weighted by Gasteiger charge is 2.38. The van der Waals surface area contributed by atoms with Crippen LogP contribution in [-0.4, -0.2) is 27.9 Å². The van der Waals surface area contributed by atoms with Crippen molar-refractivity contribution in [2.24, 2.45) is 5.92 Å². The summed E-state index contributed by atoms with van der Waals surface area (Å²) < 4.78 is 62.4. The minimum atomic E-state index is -3.25. The van der Waals surface area contributed by atoms with Gasteiger partial charge in [-0.1, -0.05) is 27.5 Å². The van der Waals surface area contributed by atoms with E-state index in [-0.39, 0.29) is 71.9 Å². The Labute approximate surface area is 185 Å². The molecule has 1 aliphatic rings. The second-order valence-electron chi connectivity index (χ2n) is 7.67. The maximum absolute atomic E-state index is 14.4. The molecule has 166 valence electrons. The van der Waals surface area contributed by atoms with Gasteiger partial charge in [0.1, 0.15) is 11.3 Å². The van der Waals surface area contributed by atoms with Crippen molar-refractivity contribution in [1.82, 2.24) is 9.38 Å². The zero-order chi connectivity index (χ0) is 22.3. The molecule has 1 saturated carbocycles. The number of rotatable bonds is 6. The van der Waals surface area contributed by atoms with Crippen LogP contribution in [0.3, 0.4) is 0 Å². The van der Waals surface area contributed by atoms with E-state index in [1.165, 1.54) is 10.5 Å². The van der Waals surface area contributed by atoms with Gasteiger partial charge in [0.25, 0.3) is 5.92 Å². The second kappa shape index (κ2) is 8.65. The molecule has 0 aliphatic heterocycles. The molecule has 2 aromatic heterocycles. The summed E-state index contributed by atoms with van der Waals surface area (Å²) in [6, 6.07) is 1.33. The standard InChI is InChI=1S/C20H22BrClF4N2O2/c1-3-30-18(29)12-9-15-27-17(19(2,23)24)13(28(15)14(10-21)16(12)22)8-11-4-6-20(25,26)7-5-11/h9,11H,3-8,10H2,1-2H3. The molecule has 0 amide bonds. The highest BCUT2D eigenvalue weighted by atomic mass is 79.9. The quantitative estimate of drug-likeness (QED) is 0.250. The Morgan fingerprint density at radius 2 is 2.00 bits per heavy atom. The summed E-state index contributed by atoms with van der Waals surface area (Å²) >= 11 is 9.74. The Morgan fingerprint density at radius 3 is 2.53 bits per heavy atom. The topological polar surface area (TPSA) is 43.6 Å². The summed E-state index contributed by atoms with van der Waals surface area (Å²) in [6.45, 7) is 2.52. The van der Waals surface area contributed by atoms with Crippen LogP contribution < -0.4 is 0 Å². The molecule has 30 heavy (non-hydrogen) atoms. The van der Waals surface area contributed by atoms with E-state index in [1.54, 1.807) is 6.92 Å². The molecule has 0 N–H and O–H groups in total. The lowest BCUT2D eigenvalue weighted by Gasteiger charge is -2.28. The number of halogens is 6. The molecule has 2 aromatic rings. The van der Waals surface area contributed by atoms with E-state index in [2.05, 4.69) is 20.9 Å². The summed E-state index contributed by atoms with van der Waals surface area (Å²) in [4.78, 5) is 16.4. The lowest BCUT2D eigenvalue weighted by atomic mass is 9.83. The summed E-state index contributed by atoms with van der Waals surface area (Å²) in [7, 11) is 0. The average Bonchev–Trinajstić information content (AvgIpc) is 3.01. The third-order valence-electron chi connectivity index (χ3n) is 5.39. The Morgan fingerprint density at radius 1 is 1.37 bits per heavy atom. The Balaban J connectivity index is 2.14. The van der Waals surface area contributed by atoms with Crippen molar-refractivity contribution in [3.05, 3.63) is 33.7 Å². The summed E-state index contributed by atoms with van der Waals surface area (Å²) in [5.41, 5.74) is 0.375. The molecule has 0 radical (unpaired) electrons. The van der Waals surface area contributed by atoms with Crippen LogP contribution in [0.4, 0.5) is 17.6 Å². The van der Waals surface area contributed by atoms with Crippen LogP contribution in [0.5, 0.6) is 0 Å². The molecule has 2 heterocycles.